The van der Waals surface area contributed by atoms with Gasteiger partial charge in [-0.05, 0) is 31.5 Å². The van der Waals surface area contributed by atoms with Crippen molar-refractivity contribution in [2.45, 2.75) is 26.4 Å². The molecule has 6 nitrogen and oxygen atoms in total. The molecule has 2 rings (SSSR count). The van der Waals surface area contributed by atoms with Crippen LogP contribution in [0.1, 0.15) is 18.1 Å². The molecule has 0 spiro atoms. The Morgan fingerprint density at radius 3 is 2.58 bits per heavy atom. The van der Waals surface area contributed by atoms with E-state index in [1.807, 2.05) is 31.2 Å². The van der Waals surface area contributed by atoms with E-state index in [1.54, 1.807) is 24.3 Å². The molecule has 0 aliphatic carbocycles. The van der Waals surface area contributed by atoms with E-state index in [4.69, 9.17) is 4.74 Å². The first-order chi connectivity index (χ1) is 12.5. The Bertz CT molecular complexity index is 804. The van der Waals surface area contributed by atoms with Crippen LogP contribution in [0.25, 0.3) is 0 Å². The Morgan fingerprint density at radius 1 is 1.19 bits per heavy atom. The molecule has 6 heteroatoms. The lowest BCUT2D eigenvalue weighted by molar-refractivity contribution is -0.138. The van der Waals surface area contributed by atoms with Gasteiger partial charge in [-0.15, -0.1) is 0 Å². The first-order valence-corrected chi connectivity index (χ1v) is 8.22. The van der Waals surface area contributed by atoms with Crippen LogP contribution in [0.3, 0.4) is 0 Å². The molecule has 0 aromatic heterocycles. The molecule has 0 heterocycles. The number of amides is 2. The molecule has 0 saturated carbocycles. The number of hydrogen-bond acceptors (Lipinski definition) is 4. The van der Waals surface area contributed by atoms with Crippen molar-refractivity contribution in [3.05, 3.63) is 59.7 Å². The Balaban J connectivity index is 2.08. The fourth-order valence-corrected chi connectivity index (χ4v) is 2.61. The highest BCUT2D eigenvalue weighted by Gasteiger charge is 2.28. The lowest BCUT2D eigenvalue weighted by atomic mass is 10.1. The number of methoxy groups -OCH3 is 1. The van der Waals surface area contributed by atoms with Gasteiger partial charge in [-0.25, -0.2) is 0 Å². The molecule has 26 heavy (non-hydrogen) atoms. The molecule has 1 atom stereocenters. The molecule has 0 fully saturated rings. The molecule has 0 aliphatic heterocycles. The van der Waals surface area contributed by atoms with Gasteiger partial charge in [0.2, 0.25) is 12.2 Å². The summed E-state index contributed by atoms with van der Waals surface area (Å²) in [4.78, 5) is 37.4. The van der Waals surface area contributed by atoms with Gasteiger partial charge < -0.3 is 15.0 Å². The van der Waals surface area contributed by atoms with E-state index in [1.165, 1.54) is 18.9 Å². The molecule has 1 unspecified atom stereocenters. The van der Waals surface area contributed by atoms with Gasteiger partial charge in [-0.1, -0.05) is 42.0 Å². The Morgan fingerprint density at radius 2 is 1.92 bits per heavy atom. The number of ether oxygens (including phenoxy) is 1. The molecular formula is C20H22N2O4. The number of benzene rings is 2. The van der Waals surface area contributed by atoms with Crippen LogP contribution >= 0.6 is 0 Å². The molecule has 0 aliphatic rings. The number of carbonyl (C=O) groups excluding carboxylic acids is 3. The Kier molecular flexibility index (Phi) is 6.49. The molecule has 2 aromatic carbocycles. The standard InChI is InChI=1S/C20H22N2O4/c1-14-7-6-8-16(11-14)12-21-20(25)19(24)15(2)22(13-23)17-9-4-5-10-18(17)26-3/h4-11,13,15H,12H2,1-3H3,(H,21,25). The van der Waals surface area contributed by atoms with Crippen LogP contribution in [-0.4, -0.2) is 31.3 Å². The first-order valence-electron chi connectivity index (χ1n) is 8.22. The monoisotopic (exact) mass is 354 g/mol. The van der Waals surface area contributed by atoms with Crippen molar-refractivity contribution in [3.8, 4) is 5.75 Å². The number of carbonyl (C=O) groups is 3. The third-order valence-electron chi connectivity index (χ3n) is 4.03. The minimum absolute atomic E-state index is 0.245. The summed E-state index contributed by atoms with van der Waals surface area (Å²) in [6.45, 7) is 3.71. The third-order valence-corrected chi connectivity index (χ3v) is 4.03. The smallest absolute Gasteiger partial charge is 0.289 e. The fourth-order valence-electron chi connectivity index (χ4n) is 2.61. The maximum absolute atomic E-state index is 12.5. The molecule has 0 radical (unpaired) electrons. The lowest BCUT2D eigenvalue weighted by Crippen LogP contribution is -2.45. The van der Waals surface area contributed by atoms with Crippen LogP contribution in [0, 0.1) is 6.92 Å². The molecule has 2 amide bonds. The zero-order valence-corrected chi connectivity index (χ0v) is 15.1. The summed E-state index contributed by atoms with van der Waals surface area (Å²) in [7, 11) is 1.48. The molecule has 136 valence electrons. The molecule has 0 bridgehead atoms. The number of rotatable bonds is 8. The van der Waals surface area contributed by atoms with Crippen molar-refractivity contribution < 1.29 is 19.1 Å². The van der Waals surface area contributed by atoms with E-state index in [-0.39, 0.29) is 6.54 Å². The zero-order valence-electron chi connectivity index (χ0n) is 15.1. The summed E-state index contributed by atoms with van der Waals surface area (Å²) in [5, 5.41) is 2.60. The van der Waals surface area contributed by atoms with Gasteiger partial charge in [0.25, 0.3) is 5.91 Å². The summed E-state index contributed by atoms with van der Waals surface area (Å²) < 4.78 is 5.22. The number of nitrogens with one attached hydrogen (secondary N) is 1. The second kappa shape index (κ2) is 8.80. The average Bonchev–Trinajstić information content (AvgIpc) is 2.66. The van der Waals surface area contributed by atoms with Crippen LogP contribution < -0.4 is 15.0 Å². The molecular weight excluding hydrogens is 332 g/mol. The van der Waals surface area contributed by atoms with Gasteiger partial charge in [0.1, 0.15) is 11.8 Å². The van der Waals surface area contributed by atoms with Crippen LogP contribution in [0.5, 0.6) is 5.75 Å². The maximum Gasteiger partial charge on any atom is 0.289 e. The highest BCUT2D eigenvalue weighted by Crippen LogP contribution is 2.28. The summed E-state index contributed by atoms with van der Waals surface area (Å²) in [6.07, 6.45) is 0.522. The number of para-hydroxylation sites is 2. The predicted molar refractivity (Wildman–Crippen MR) is 99.0 cm³/mol. The van der Waals surface area contributed by atoms with Crippen molar-refractivity contribution in [3.63, 3.8) is 0 Å². The van der Waals surface area contributed by atoms with Gasteiger partial charge in [-0.2, -0.15) is 0 Å². The summed E-state index contributed by atoms with van der Waals surface area (Å²) in [6, 6.07) is 13.5. The topological polar surface area (TPSA) is 75.7 Å². The number of Topliss-reactive ketones (excluding diaryl/α,β-unsaturated/α-hetero) is 1. The van der Waals surface area contributed by atoms with Gasteiger partial charge in [0, 0.05) is 6.54 Å². The number of anilines is 1. The molecule has 1 N–H and O–H groups in total. The van der Waals surface area contributed by atoms with Crippen molar-refractivity contribution in [1.82, 2.24) is 5.32 Å². The summed E-state index contributed by atoms with van der Waals surface area (Å²) >= 11 is 0. The fraction of sp³-hybridized carbons (Fsp3) is 0.250. The normalized spacial score (nSPS) is 11.3. The summed E-state index contributed by atoms with van der Waals surface area (Å²) in [5.74, 6) is -0.990. The van der Waals surface area contributed by atoms with E-state index < -0.39 is 17.7 Å². The van der Waals surface area contributed by atoms with E-state index in [9.17, 15) is 14.4 Å². The Labute approximate surface area is 152 Å². The number of nitrogens with zero attached hydrogens (tertiary/aromatic N) is 1. The van der Waals surface area contributed by atoms with Crippen molar-refractivity contribution in [2.24, 2.45) is 0 Å². The van der Waals surface area contributed by atoms with Gasteiger partial charge in [0.15, 0.2) is 0 Å². The van der Waals surface area contributed by atoms with Crippen molar-refractivity contribution in [2.75, 3.05) is 12.0 Å². The van der Waals surface area contributed by atoms with Gasteiger partial charge in [0.05, 0.1) is 12.8 Å². The second-order valence-electron chi connectivity index (χ2n) is 5.90. The highest BCUT2D eigenvalue weighted by atomic mass is 16.5. The Hall–Kier alpha value is -3.15. The van der Waals surface area contributed by atoms with Crippen molar-refractivity contribution >= 4 is 23.8 Å². The first kappa shape index (κ1) is 19.2. The van der Waals surface area contributed by atoms with Gasteiger partial charge >= 0.3 is 0 Å². The third kappa shape index (κ3) is 4.47. The van der Waals surface area contributed by atoms with Crippen LogP contribution in [0.4, 0.5) is 5.69 Å². The predicted octanol–water partition coefficient (Wildman–Crippen LogP) is 2.24. The average molecular weight is 354 g/mol. The summed E-state index contributed by atoms with van der Waals surface area (Å²) in [5.41, 5.74) is 2.40. The second-order valence-corrected chi connectivity index (χ2v) is 5.90. The number of aryl methyl sites for hydroxylation is 1. The zero-order chi connectivity index (χ0) is 19.1. The van der Waals surface area contributed by atoms with E-state index in [2.05, 4.69) is 5.32 Å². The van der Waals surface area contributed by atoms with Crippen LogP contribution in [-0.2, 0) is 20.9 Å². The molecule has 2 aromatic rings. The van der Waals surface area contributed by atoms with Crippen molar-refractivity contribution in [1.29, 1.82) is 0 Å². The number of ketones is 1. The maximum atomic E-state index is 12.5. The van der Waals surface area contributed by atoms with Crippen LogP contribution in [0.2, 0.25) is 0 Å². The van der Waals surface area contributed by atoms with E-state index in [0.29, 0.717) is 17.8 Å². The minimum Gasteiger partial charge on any atom is -0.495 e. The molecule has 0 saturated heterocycles. The van der Waals surface area contributed by atoms with Gasteiger partial charge in [-0.3, -0.25) is 14.4 Å². The SMILES string of the molecule is COc1ccccc1N(C=O)C(C)C(=O)C(=O)NCc1cccc(C)c1. The highest BCUT2D eigenvalue weighted by molar-refractivity contribution is 6.39. The lowest BCUT2D eigenvalue weighted by Gasteiger charge is -2.25. The largest absolute Gasteiger partial charge is 0.495 e. The number of hydrogen-bond donors (Lipinski definition) is 1. The quantitative estimate of drug-likeness (QED) is 0.583. The van der Waals surface area contributed by atoms with E-state index in [0.717, 1.165) is 11.1 Å². The van der Waals surface area contributed by atoms with E-state index >= 15 is 0 Å². The van der Waals surface area contributed by atoms with Crippen LogP contribution in [0.15, 0.2) is 48.5 Å². The minimum atomic E-state index is -0.957.